The molecule has 0 bridgehead atoms. The van der Waals surface area contributed by atoms with E-state index < -0.39 is 0 Å². The Hall–Kier alpha value is -2.30. The molecule has 5 heteroatoms. The number of aromatic amines is 1. The van der Waals surface area contributed by atoms with E-state index in [1.165, 1.54) is 5.56 Å². The smallest absolute Gasteiger partial charge is 0.271 e. The van der Waals surface area contributed by atoms with Crippen LogP contribution in [-0.4, -0.2) is 36.1 Å². The van der Waals surface area contributed by atoms with E-state index in [0.717, 1.165) is 54.9 Å². The molecule has 1 saturated heterocycles. The summed E-state index contributed by atoms with van der Waals surface area (Å²) in [4.78, 5) is 20.3. The van der Waals surface area contributed by atoms with Gasteiger partial charge in [0.25, 0.3) is 5.56 Å². The summed E-state index contributed by atoms with van der Waals surface area (Å²) in [6.45, 7) is 6.71. The van der Waals surface area contributed by atoms with E-state index >= 15 is 0 Å². The molecule has 4 rings (SSSR count). The van der Waals surface area contributed by atoms with Crippen molar-refractivity contribution in [1.29, 1.82) is 0 Å². The molecular formula is C21H24ClN3O. The number of hydrogen-bond donors (Lipinski definition) is 1. The van der Waals surface area contributed by atoms with Crippen molar-refractivity contribution in [3.8, 4) is 0 Å². The van der Waals surface area contributed by atoms with Gasteiger partial charge in [-0.2, -0.15) is 0 Å². The van der Waals surface area contributed by atoms with Crippen LogP contribution in [0.2, 0.25) is 0 Å². The first-order chi connectivity index (χ1) is 12.2. The highest BCUT2D eigenvalue weighted by Gasteiger charge is 2.19. The second-order valence-corrected chi connectivity index (χ2v) is 6.77. The van der Waals surface area contributed by atoms with Gasteiger partial charge in [0.2, 0.25) is 0 Å². The number of halogens is 1. The second kappa shape index (κ2) is 7.94. The van der Waals surface area contributed by atoms with Crippen LogP contribution in [0.5, 0.6) is 0 Å². The molecule has 1 fully saturated rings. The molecule has 0 radical (unpaired) electrons. The molecule has 2 heterocycles. The Kier molecular flexibility index (Phi) is 5.64. The van der Waals surface area contributed by atoms with Crippen LogP contribution in [0.1, 0.15) is 11.1 Å². The van der Waals surface area contributed by atoms with Crippen molar-refractivity contribution in [3.05, 3.63) is 76.1 Å². The number of pyridine rings is 1. The van der Waals surface area contributed by atoms with Gasteiger partial charge in [-0.3, -0.25) is 9.69 Å². The van der Waals surface area contributed by atoms with Crippen LogP contribution < -0.4 is 10.5 Å². The highest BCUT2D eigenvalue weighted by atomic mass is 35.5. The SMILES string of the molecule is Cc1cccc2cc(N3CCN(Cc4ccccc4)CC3)c(=O)[nH]c12.Cl. The maximum absolute atomic E-state index is 12.5. The number of nitrogens with zero attached hydrogens (tertiary/aromatic N) is 2. The van der Waals surface area contributed by atoms with Crippen molar-refractivity contribution in [3.63, 3.8) is 0 Å². The fourth-order valence-corrected chi connectivity index (χ4v) is 3.60. The van der Waals surface area contributed by atoms with Gasteiger partial charge in [0, 0.05) is 38.1 Å². The molecule has 1 N–H and O–H groups in total. The minimum absolute atomic E-state index is 0. The summed E-state index contributed by atoms with van der Waals surface area (Å²) in [5, 5.41) is 1.10. The minimum atomic E-state index is 0. The number of hydrogen-bond acceptors (Lipinski definition) is 3. The molecule has 3 aromatic rings. The van der Waals surface area contributed by atoms with Crippen molar-refractivity contribution in [2.24, 2.45) is 0 Å². The highest BCUT2D eigenvalue weighted by Crippen LogP contribution is 2.20. The van der Waals surface area contributed by atoms with E-state index in [1.807, 2.05) is 25.1 Å². The maximum atomic E-state index is 12.5. The number of para-hydroxylation sites is 1. The summed E-state index contributed by atoms with van der Waals surface area (Å²) in [6, 6.07) is 18.7. The number of H-pyrrole nitrogens is 1. The van der Waals surface area contributed by atoms with Crippen molar-refractivity contribution < 1.29 is 0 Å². The molecule has 26 heavy (non-hydrogen) atoms. The normalized spacial score (nSPS) is 15.0. The first-order valence-electron chi connectivity index (χ1n) is 8.84. The van der Waals surface area contributed by atoms with Gasteiger partial charge in [-0.25, -0.2) is 0 Å². The van der Waals surface area contributed by atoms with E-state index in [-0.39, 0.29) is 18.0 Å². The summed E-state index contributed by atoms with van der Waals surface area (Å²) >= 11 is 0. The van der Waals surface area contributed by atoms with E-state index in [1.54, 1.807) is 0 Å². The third kappa shape index (κ3) is 3.76. The Morgan fingerprint density at radius 1 is 0.962 bits per heavy atom. The predicted molar refractivity (Wildman–Crippen MR) is 110 cm³/mol. The number of rotatable bonds is 3. The third-order valence-corrected chi connectivity index (χ3v) is 5.03. The number of benzene rings is 2. The Morgan fingerprint density at radius 3 is 2.42 bits per heavy atom. The standard InChI is InChI=1S/C21H23N3O.ClH/c1-16-6-5-9-18-14-19(21(25)22-20(16)18)24-12-10-23(11-13-24)15-17-7-3-2-4-8-17;/h2-9,14H,10-13,15H2,1H3,(H,22,25);1H. The van der Waals surface area contributed by atoms with Gasteiger partial charge >= 0.3 is 0 Å². The lowest BCUT2D eigenvalue weighted by Gasteiger charge is -2.35. The van der Waals surface area contributed by atoms with Gasteiger partial charge in [0.1, 0.15) is 5.69 Å². The summed E-state index contributed by atoms with van der Waals surface area (Å²) < 4.78 is 0. The van der Waals surface area contributed by atoms with Crippen molar-refractivity contribution in [2.75, 3.05) is 31.1 Å². The van der Waals surface area contributed by atoms with Gasteiger partial charge in [0.05, 0.1) is 5.52 Å². The van der Waals surface area contributed by atoms with Gasteiger partial charge in [-0.1, -0.05) is 48.5 Å². The Bertz CT molecular complexity index is 931. The van der Waals surface area contributed by atoms with E-state index in [4.69, 9.17) is 0 Å². The molecule has 0 amide bonds. The Balaban J connectivity index is 0.00000196. The van der Waals surface area contributed by atoms with Crippen LogP contribution in [0.15, 0.2) is 59.4 Å². The minimum Gasteiger partial charge on any atom is -0.365 e. The summed E-state index contributed by atoms with van der Waals surface area (Å²) in [6.07, 6.45) is 0. The van der Waals surface area contributed by atoms with Gasteiger partial charge in [0.15, 0.2) is 0 Å². The molecule has 0 atom stereocenters. The molecule has 0 aliphatic carbocycles. The van der Waals surface area contributed by atoms with Crippen LogP contribution in [0, 0.1) is 6.92 Å². The topological polar surface area (TPSA) is 39.3 Å². The fraction of sp³-hybridized carbons (Fsp3) is 0.286. The average molecular weight is 370 g/mol. The molecule has 1 aromatic heterocycles. The maximum Gasteiger partial charge on any atom is 0.271 e. The number of fused-ring (bicyclic) bond motifs is 1. The number of aryl methyl sites for hydroxylation is 1. The molecule has 2 aromatic carbocycles. The second-order valence-electron chi connectivity index (χ2n) is 6.77. The molecule has 4 nitrogen and oxygen atoms in total. The highest BCUT2D eigenvalue weighted by molar-refractivity contribution is 5.85. The van der Waals surface area contributed by atoms with Crippen LogP contribution >= 0.6 is 12.4 Å². The summed E-state index contributed by atoms with van der Waals surface area (Å²) in [5.41, 5.74) is 4.19. The van der Waals surface area contributed by atoms with Gasteiger partial charge in [-0.15, -0.1) is 12.4 Å². The van der Waals surface area contributed by atoms with Crippen molar-refractivity contribution >= 4 is 29.0 Å². The zero-order valence-electron chi connectivity index (χ0n) is 14.9. The number of anilines is 1. The molecule has 0 saturated carbocycles. The molecule has 1 aliphatic rings. The summed E-state index contributed by atoms with van der Waals surface area (Å²) in [7, 11) is 0. The molecule has 136 valence electrons. The quantitative estimate of drug-likeness (QED) is 0.767. The third-order valence-electron chi connectivity index (χ3n) is 5.03. The van der Waals surface area contributed by atoms with Crippen LogP contribution in [0.25, 0.3) is 10.9 Å². The van der Waals surface area contributed by atoms with Crippen LogP contribution in [0.3, 0.4) is 0 Å². The first kappa shape index (κ1) is 18.5. The van der Waals surface area contributed by atoms with Crippen LogP contribution in [-0.2, 0) is 6.54 Å². The Labute approximate surface area is 159 Å². The summed E-state index contributed by atoms with van der Waals surface area (Å²) in [5.74, 6) is 0. The van der Waals surface area contributed by atoms with E-state index in [0.29, 0.717) is 0 Å². The lowest BCUT2D eigenvalue weighted by molar-refractivity contribution is 0.249. The monoisotopic (exact) mass is 369 g/mol. The number of aromatic nitrogens is 1. The van der Waals surface area contributed by atoms with E-state index in [2.05, 4.69) is 51.2 Å². The lowest BCUT2D eigenvalue weighted by Crippen LogP contribution is -2.47. The molecular weight excluding hydrogens is 346 g/mol. The number of piperazine rings is 1. The largest absolute Gasteiger partial charge is 0.365 e. The zero-order valence-corrected chi connectivity index (χ0v) is 15.8. The van der Waals surface area contributed by atoms with Crippen molar-refractivity contribution in [1.82, 2.24) is 9.88 Å². The average Bonchev–Trinajstić information content (AvgIpc) is 2.64. The zero-order chi connectivity index (χ0) is 17.2. The molecule has 0 unspecified atom stereocenters. The van der Waals surface area contributed by atoms with Crippen LogP contribution in [0.4, 0.5) is 5.69 Å². The lowest BCUT2D eigenvalue weighted by atomic mass is 10.1. The van der Waals surface area contributed by atoms with E-state index in [9.17, 15) is 4.79 Å². The van der Waals surface area contributed by atoms with Gasteiger partial charge < -0.3 is 9.88 Å². The first-order valence-corrected chi connectivity index (χ1v) is 8.84. The van der Waals surface area contributed by atoms with Gasteiger partial charge in [-0.05, 0) is 24.1 Å². The molecule has 0 spiro atoms. The Morgan fingerprint density at radius 2 is 1.69 bits per heavy atom. The predicted octanol–water partition coefficient (Wildman–Crippen LogP) is 3.58. The molecule has 1 aliphatic heterocycles. The van der Waals surface area contributed by atoms with Crippen molar-refractivity contribution in [2.45, 2.75) is 13.5 Å². The number of nitrogens with one attached hydrogen (secondary N) is 1. The fourth-order valence-electron chi connectivity index (χ4n) is 3.60.